The van der Waals surface area contributed by atoms with Crippen LogP contribution in [0.15, 0.2) is 58.1 Å². The van der Waals surface area contributed by atoms with Crippen molar-refractivity contribution in [2.45, 2.75) is 6.92 Å². The van der Waals surface area contributed by atoms with Gasteiger partial charge < -0.3 is 19.2 Å². The largest absolute Gasteiger partial charge is 0.449 e. The Hall–Kier alpha value is -3.32. The highest BCUT2D eigenvalue weighted by Gasteiger charge is 2.26. The fraction of sp³-hybridized carbons (Fsp3) is 0.227. The molecule has 1 N–H and O–H groups in total. The van der Waals surface area contributed by atoms with Crippen molar-refractivity contribution in [1.82, 2.24) is 15.0 Å². The van der Waals surface area contributed by atoms with Gasteiger partial charge in [-0.15, -0.1) is 0 Å². The van der Waals surface area contributed by atoms with Crippen molar-refractivity contribution in [3.63, 3.8) is 0 Å². The molecule has 0 radical (unpaired) electrons. The van der Waals surface area contributed by atoms with Crippen molar-refractivity contribution in [1.29, 1.82) is 0 Å². The van der Waals surface area contributed by atoms with Crippen LogP contribution in [0.3, 0.4) is 0 Å². The molecule has 1 aliphatic rings. The quantitative estimate of drug-likeness (QED) is 0.541. The van der Waals surface area contributed by atoms with Crippen LogP contribution in [-0.2, 0) is 0 Å². The SMILES string of the molecule is Cc1nc(-c2c(N3CCN(c4ccccn4)CC3)c3cc(Cl)ccc3[nH]c2=O)co1. The van der Waals surface area contributed by atoms with Crippen molar-refractivity contribution in [3.05, 3.63) is 70.1 Å². The zero-order valence-electron chi connectivity index (χ0n) is 16.4. The molecule has 0 bridgehead atoms. The summed E-state index contributed by atoms with van der Waals surface area (Å²) in [5.74, 6) is 1.48. The van der Waals surface area contributed by atoms with E-state index < -0.39 is 0 Å². The van der Waals surface area contributed by atoms with Gasteiger partial charge in [0.2, 0.25) is 0 Å². The van der Waals surface area contributed by atoms with Gasteiger partial charge in [-0.05, 0) is 30.3 Å². The molecule has 5 rings (SSSR count). The number of anilines is 2. The first-order valence-electron chi connectivity index (χ1n) is 9.79. The second kappa shape index (κ2) is 7.50. The number of nitrogens with one attached hydrogen (secondary N) is 1. The maximum Gasteiger partial charge on any atom is 0.260 e. The van der Waals surface area contributed by atoms with Crippen LogP contribution in [0.1, 0.15) is 5.89 Å². The Balaban J connectivity index is 1.60. The van der Waals surface area contributed by atoms with E-state index in [0.717, 1.165) is 48.6 Å². The molecule has 0 unspecified atom stereocenters. The summed E-state index contributed by atoms with van der Waals surface area (Å²) in [4.78, 5) is 29.4. The molecule has 4 heterocycles. The number of oxazole rings is 1. The molecular weight excluding hydrogens is 402 g/mol. The number of aromatic nitrogens is 3. The molecule has 0 atom stereocenters. The van der Waals surface area contributed by atoms with E-state index in [1.54, 1.807) is 19.2 Å². The summed E-state index contributed by atoms with van der Waals surface area (Å²) in [6, 6.07) is 11.4. The summed E-state index contributed by atoms with van der Waals surface area (Å²) in [7, 11) is 0. The Bertz CT molecular complexity index is 1260. The molecule has 0 aliphatic carbocycles. The topological polar surface area (TPSA) is 78.3 Å². The molecule has 3 aromatic heterocycles. The normalized spacial score (nSPS) is 14.5. The number of H-pyrrole nitrogens is 1. The lowest BCUT2D eigenvalue weighted by atomic mass is 10.0. The number of pyridine rings is 2. The van der Waals surface area contributed by atoms with E-state index in [0.29, 0.717) is 22.2 Å². The van der Waals surface area contributed by atoms with E-state index in [2.05, 4.69) is 24.8 Å². The first-order chi connectivity index (χ1) is 14.6. The summed E-state index contributed by atoms with van der Waals surface area (Å²) in [6.07, 6.45) is 3.34. The van der Waals surface area contributed by atoms with Crippen LogP contribution in [0.5, 0.6) is 0 Å². The number of rotatable bonds is 3. The van der Waals surface area contributed by atoms with Crippen LogP contribution in [0.4, 0.5) is 11.5 Å². The van der Waals surface area contributed by atoms with Gasteiger partial charge in [-0.25, -0.2) is 9.97 Å². The minimum atomic E-state index is -0.194. The second-order valence-electron chi connectivity index (χ2n) is 7.28. The number of halogens is 1. The number of aryl methyl sites for hydroxylation is 1. The number of hydrogen-bond donors (Lipinski definition) is 1. The first kappa shape index (κ1) is 18.7. The van der Waals surface area contributed by atoms with Gasteiger partial charge in [0.25, 0.3) is 5.56 Å². The van der Waals surface area contributed by atoms with Crippen molar-refractivity contribution in [2.75, 3.05) is 36.0 Å². The lowest BCUT2D eigenvalue weighted by Crippen LogP contribution is -2.47. The Labute approximate surface area is 177 Å². The van der Waals surface area contributed by atoms with Crippen LogP contribution in [0, 0.1) is 6.92 Å². The fourth-order valence-corrected chi connectivity index (χ4v) is 4.16. The van der Waals surface area contributed by atoms with E-state index in [-0.39, 0.29) is 5.56 Å². The predicted octanol–water partition coefficient (Wildman–Crippen LogP) is 3.87. The zero-order valence-corrected chi connectivity index (χ0v) is 17.2. The average molecular weight is 422 g/mol. The third kappa shape index (κ3) is 3.31. The molecule has 0 spiro atoms. The monoisotopic (exact) mass is 421 g/mol. The fourth-order valence-electron chi connectivity index (χ4n) is 3.99. The van der Waals surface area contributed by atoms with Crippen LogP contribution >= 0.6 is 11.6 Å². The van der Waals surface area contributed by atoms with E-state index in [1.807, 2.05) is 30.3 Å². The summed E-state index contributed by atoms with van der Waals surface area (Å²) < 4.78 is 5.40. The van der Waals surface area contributed by atoms with Gasteiger partial charge in [0.05, 0.1) is 16.8 Å². The number of fused-ring (bicyclic) bond motifs is 1. The van der Waals surface area contributed by atoms with Crippen molar-refractivity contribution < 1.29 is 4.42 Å². The molecule has 1 aromatic carbocycles. The Morgan fingerprint density at radius 1 is 1.10 bits per heavy atom. The molecule has 7 nitrogen and oxygen atoms in total. The second-order valence-corrected chi connectivity index (χ2v) is 7.72. The molecule has 8 heteroatoms. The predicted molar refractivity (Wildman–Crippen MR) is 118 cm³/mol. The van der Waals surface area contributed by atoms with Crippen LogP contribution in [0.2, 0.25) is 5.02 Å². The summed E-state index contributed by atoms with van der Waals surface area (Å²) >= 11 is 6.31. The van der Waals surface area contributed by atoms with E-state index >= 15 is 0 Å². The molecular formula is C22H20ClN5O2. The van der Waals surface area contributed by atoms with Crippen LogP contribution in [-0.4, -0.2) is 41.1 Å². The van der Waals surface area contributed by atoms with Gasteiger partial charge in [-0.1, -0.05) is 17.7 Å². The van der Waals surface area contributed by atoms with E-state index in [9.17, 15) is 4.79 Å². The molecule has 1 fully saturated rings. The van der Waals surface area contributed by atoms with Crippen molar-refractivity contribution >= 4 is 34.0 Å². The Kier molecular flexibility index (Phi) is 4.67. The number of aromatic amines is 1. The lowest BCUT2D eigenvalue weighted by molar-refractivity contribution is 0.521. The van der Waals surface area contributed by atoms with Crippen LogP contribution in [0.25, 0.3) is 22.2 Å². The first-order valence-corrected chi connectivity index (χ1v) is 10.2. The van der Waals surface area contributed by atoms with Crippen molar-refractivity contribution in [2.24, 2.45) is 0 Å². The lowest BCUT2D eigenvalue weighted by Gasteiger charge is -2.37. The molecule has 152 valence electrons. The molecule has 1 aliphatic heterocycles. The highest BCUT2D eigenvalue weighted by molar-refractivity contribution is 6.31. The third-order valence-electron chi connectivity index (χ3n) is 5.39. The summed E-state index contributed by atoms with van der Waals surface area (Å²) in [5.41, 5.74) is 2.42. The number of nitrogens with zero attached hydrogens (tertiary/aromatic N) is 4. The van der Waals surface area contributed by atoms with Gasteiger partial charge in [-0.2, -0.15) is 0 Å². The maximum atomic E-state index is 13.1. The minimum absolute atomic E-state index is 0.194. The van der Waals surface area contributed by atoms with Gasteiger partial charge in [-0.3, -0.25) is 4.79 Å². The number of benzene rings is 1. The molecule has 0 saturated carbocycles. The standard InChI is InChI=1S/C22H20ClN5O2/c1-14-25-18(13-30-14)20-21(16-12-15(23)5-6-17(16)26-22(20)29)28-10-8-27(9-11-28)19-4-2-3-7-24-19/h2-7,12-13H,8-11H2,1H3,(H,26,29). The summed E-state index contributed by atoms with van der Waals surface area (Å²) in [6.45, 7) is 4.84. The van der Waals surface area contributed by atoms with Crippen molar-refractivity contribution in [3.8, 4) is 11.3 Å². The Morgan fingerprint density at radius 2 is 1.90 bits per heavy atom. The zero-order chi connectivity index (χ0) is 20.7. The van der Waals surface area contributed by atoms with Gasteiger partial charge in [0, 0.05) is 49.7 Å². The van der Waals surface area contributed by atoms with Gasteiger partial charge in [0.15, 0.2) is 5.89 Å². The molecule has 0 amide bonds. The third-order valence-corrected chi connectivity index (χ3v) is 5.63. The highest BCUT2D eigenvalue weighted by Crippen LogP contribution is 2.35. The van der Waals surface area contributed by atoms with Gasteiger partial charge in [0.1, 0.15) is 17.8 Å². The van der Waals surface area contributed by atoms with E-state index in [1.165, 1.54) is 6.26 Å². The molecule has 1 saturated heterocycles. The minimum Gasteiger partial charge on any atom is -0.449 e. The summed E-state index contributed by atoms with van der Waals surface area (Å²) in [5, 5.41) is 1.51. The van der Waals surface area contributed by atoms with E-state index in [4.69, 9.17) is 16.0 Å². The highest BCUT2D eigenvalue weighted by atomic mass is 35.5. The molecule has 4 aromatic rings. The van der Waals surface area contributed by atoms with Gasteiger partial charge >= 0.3 is 0 Å². The number of piperazine rings is 1. The average Bonchev–Trinajstić information content (AvgIpc) is 3.20. The smallest absolute Gasteiger partial charge is 0.260 e. The van der Waals surface area contributed by atoms with Crippen LogP contribution < -0.4 is 15.4 Å². The number of hydrogen-bond acceptors (Lipinski definition) is 6. The maximum absolute atomic E-state index is 13.1. The Morgan fingerprint density at radius 3 is 2.60 bits per heavy atom. The molecule has 30 heavy (non-hydrogen) atoms.